The van der Waals surface area contributed by atoms with Gasteiger partial charge in [0, 0.05) is 18.8 Å². The Morgan fingerprint density at radius 1 is 1.25 bits per heavy atom. The molecule has 0 saturated carbocycles. The van der Waals surface area contributed by atoms with Crippen molar-refractivity contribution in [1.82, 2.24) is 10.6 Å². The van der Waals surface area contributed by atoms with E-state index in [-0.39, 0.29) is 23.8 Å². The van der Waals surface area contributed by atoms with Gasteiger partial charge in [0.25, 0.3) is 0 Å². The molecule has 1 aliphatic rings. The SMILES string of the molecule is O=C(CC1NCCNC1=O)Nc1ccc(C(=O)O)cc1. The third-order valence-electron chi connectivity index (χ3n) is 2.94. The van der Waals surface area contributed by atoms with Crippen LogP contribution in [0.2, 0.25) is 0 Å². The summed E-state index contributed by atoms with van der Waals surface area (Å²) in [6.07, 6.45) is 0.0342. The maximum Gasteiger partial charge on any atom is 0.335 e. The van der Waals surface area contributed by atoms with Gasteiger partial charge in [0.05, 0.1) is 18.0 Å². The highest BCUT2D eigenvalue weighted by atomic mass is 16.4. The van der Waals surface area contributed by atoms with Gasteiger partial charge < -0.3 is 21.1 Å². The molecule has 2 rings (SSSR count). The fourth-order valence-electron chi connectivity index (χ4n) is 1.91. The van der Waals surface area contributed by atoms with E-state index in [2.05, 4.69) is 16.0 Å². The largest absolute Gasteiger partial charge is 0.478 e. The van der Waals surface area contributed by atoms with Gasteiger partial charge in [-0.15, -0.1) is 0 Å². The Kier molecular flexibility index (Phi) is 4.31. The standard InChI is InChI=1S/C13H15N3O4/c17-11(7-10-12(18)15-6-5-14-10)16-9-3-1-8(2-4-9)13(19)20/h1-4,10,14H,5-7H2,(H,15,18)(H,16,17)(H,19,20). The zero-order valence-corrected chi connectivity index (χ0v) is 10.7. The second-order valence-corrected chi connectivity index (χ2v) is 4.43. The van der Waals surface area contributed by atoms with Gasteiger partial charge in [0.15, 0.2) is 0 Å². The van der Waals surface area contributed by atoms with Gasteiger partial charge in [-0.3, -0.25) is 9.59 Å². The fraction of sp³-hybridized carbons (Fsp3) is 0.308. The molecule has 1 atom stereocenters. The average molecular weight is 277 g/mol. The third kappa shape index (κ3) is 3.55. The molecular weight excluding hydrogens is 262 g/mol. The maximum atomic E-state index is 11.8. The van der Waals surface area contributed by atoms with Gasteiger partial charge >= 0.3 is 5.97 Å². The van der Waals surface area contributed by atoms with Crippen molar-refractivity contribution in [3.05, 3.63) is 29.8 Å². The van der Waals surface area contributed by atoms with Crippen molar-refractivity contribution in [3.63, 3.8) is 0 Å². The number of benzene rings is 1. The molecule has 1 aromatic rings. The highest BCUT2D eigenvalue weighted by Crippen LogP contribution is 2.10. The Morgan fingerprint density at radius 2 is 1.95 bits per heavy atom. The van der Waals surface area contributed by atoms with Gasteiger partial charge in [0.1, 0.15) is 0 Å². The van der Waals surface area contributed by atoms with Crippen molar-refractivity contribution in [2.45, 2.75) is 12.5 Å². The van der Waals surface area contributed by atoms with Crippen molar-refractivity contribution in [1.29, 1.82) is 0 Å². The monoisotopic (exact) mass is 277 g/mol. The minimum atomic E-state index is -1.02. The Morgan fingerprint density at radius 3 is 2.55 bits per heavy atom. The molecule has 1 heterocycles. The van der Waals surface area contributed by atoms with Crippen molar-refractivity contribution in [2.75, 3.05) is 18.4 Å². The minimum Gasteiger partial charge on any atom is -0.478 e. The van der Waals surface area contributed by atoms with Gasteiger partial charge in [-0.05, 0) is 24.3 Å². The highest BCUT2D eigenvalue weighted by molar-refractivity contribution is 5.96. The first-order valence-electron chi connectivity index (χ1n) is 6.20. The molecule has 0 spiro atoms. The Bertz CT molecular complexity index is 527. The summed E-state index contributed by atoms with van der Waals surface area (Å²) in [5, 5.41) is 17.0. The summed E-state index contributed by atoms with van der Waals surface area (Å²) in [5.41, 5.74) is 0.646. The number of nitrogens with one attached hydrogen (secondary N) is 3. The third-order valence-corrected chi connectivity index (χ3v) is 2.94. The van der Waals surface area contributed by atoms with Crippen molar-refractivity contribution >= 4 is 23.5 Å². The number of piperazine rings is 1. The summed E-state index contributed by atoms with van der Waals surface area (Å²) in [7, 11) is 0. The molecule has 0 radical (unpaired) electrons. The summed E-state index contributed by atoms with van der Waals surface area (Å²) >= 11 is 0. The normalized spacial score (nSPS) is 18.2. The molecule has 20 heavy (non-hydrogen) atoms. The molecule has 1 aliphatic heterocycles. The van der Waals surface area contributed by atoms with Crippen LogP contribution in [0.1, 0.15) is 16.8 Å². The molecule has 7 nitrogen and oxygen atoms in total. The zero-order valence-electron chi connectivity index (χ0n) is 10.7. The van der Waals surface area contributed by atoms with Gasteiger partial charge in [-0.2, -0.15) is 0 Å². The summed E-state index contributed by atoms with van der Waals surface area (Å²) in [6, 6.07) is 5.31. The lowest BCUT2D eigenvalue weighted by Crippen LogP contribution is -2.53. The number of rotatable bonds is 4. The maximum absolute atomic E-state index is 11.8. The highest BCUT2D eigenvalue weighted by Gasteiger charge is 2.23. The lowest BCUT2D eigenvalue weighted by Gasteiger charge is -2.22. The van der Waals surface area contributed by atoms with E-state index in [9.17, 15) is 14.4 Å². The summed E-state index contributed by atoms with van der Waals surface area (Å²) in [4.78, 5) is 34.0. The lowest BCUT2D eigenvalue weighted by molar-refractivity contribution is -0.127. The smallest absolute Gasteiger partial charge is 0.335 e. The first kappa shape index (κ1) is 14.0. The predicted molar refractivity (Wildman–Crippen MR) is 71.4 cm³/mol. The number of hydrogen-bond acceptors (Lipinski definition) is 4. The second-order valence-electron chi connectivity index (χ2n) is 4.43. The number of carboxylic acid groups (broad SMARTS) is 1. The van der Waals surface area contributed by atoms with E-state index in [1.165, 1.54) is 24.3 Å². The van der Waals surface area contributed by atoms with Crippen LogP contribution in [0.3, 0.4) is 0 Å². The number of amides is 2. The van der Waals surface area contributed by atoms with Gasteiger partial charge in [-0.25, -0.2) is 4.79 Å². The molecule has 1 fully saturated rings. The van der Waals surface area contributed by atoms with Crippen LogP contribution in [0.15, 0.2) is 24.3 Å². The van der Waals surface area contributed by atoms with E-state index in [0.29, 0.717) is 18.8 Å². The zero-order chi connectivity index (χ0) is 14.5. The lowest BCUT2D eigenvalue weighted by atomic mass is 10.1. The molecule has 0 aliphatic carbocycles. The van der Waals surface area contributed by atoms with Crippen LogP contribution in [-0.4, -0.2) is 42.0 Å². The molecular formula is C13H15N3O4. The van der Waals surface area contributed by atoms with Crippen LogP contribution in [0.5, 0.6) is 0 Å². The van der Waals surface area contributed by atoms with Crippen LogP contribution in [0, 0.1) is 0 Å². The Labute approximate surface area is 115 Å². The fourth-order valence-corrected chi connectivity index (χ4v) is 1.91. The molecule has 4 N–H and O–H groups in total. The van der Waals surface area contributed by atoms with E-state index >= 15 is 0 Å². The van der Waals surface area contributed by atoms with Crippen molar-refractivity contribution in [2.24, 2.45) is 0 Å². The molecule has 1 saturated heterocycles. The van der Waals surface area contributed by atoms with E-state index in [4.69, 9.17) is 5.11 Å². The molecule has 0 aromatic heterocycles. The predicted octanol–water partition coefficient (Wildman–Crippen LogP) is -0.199. The van der Waals surface area contributed by atoms with E-state index in [0.717, 1.165) is 0 Å². The summed E-state index contributed by atoms with van der Waals surface area (Å²) in [5.74, 6) is -1.51. The molecule has 0 bridgehead atoms. The van der Waals surface area contributed by atoms with Crippen molar-refractivity contribution < 1.29 is 19.5 Å². The van der Waals surface area contributed by atoms with Crippen LogP contribution in [0.4, 0.5) is 5.69 Å². The summed E-state index contributed by atoms with van der Waals surface area (Å²) < 4.78 is 0. The van der Waals surface area contributed by atoms with Crippen molar-refractivity contribution in [3.8, 4) is 0 Å². The van der Waals surface area contributed by atoms with Gasteiger partial charge in [-0.1, -0.05) is 0 Å². The number of carboxylic acids is 1. The van der Waals surface area contributed by atoms with E-state index in [1.807, 2.05) is 0 Å². The Balaban J connectivity index is 1.90. The summed E-state index contributed by atoms with van der Waals surface area (Å²) in [6.45, 7) is 1.20. The van der Waals surface area contributed by atoms with Crippen LogP contribution in [0.25, 0.3) is 0 Å². The number of carbonyl (C=O) groups is 3. The number of aromatic carboxylic acids is 1. The van der Waals surface area contributed by atoms with E-state index < -0.39 is 12.0 Å². The number of hydrogen-bond donors (Lipinski definition) is 4. The first-order valence-corrected chi connectivity index (χ1v) is 6.20. The second kappa shape index (κ2) is 6.16. The first-order chi connectivity index (χ1) is 9.56. The van der Waals surface area contributed by atoms with Crippen LogP contribution < -0.4 is 16.0 Å². The van der Waals surface area contributed by atoms with Crippen LogP contribution in [-0.2, 0) is 9.59 Å². The number of anilines is 1. The molecule has 1 unspecified atom stereocenters. The minimum absolute atomic E-state index is 0.0342. The van der Waals surface area contributed by atoms with Gasteiger partial charge in [0.2, 0.25) is 11.8 Å². The molecule has 7 heteroatoms. The topological polar surface area (TPSA) is 108 Å². The quantitative estimate of drug-likeness (QED) is 0.609. The number of carbonyl (C=O) groups excluding carboxylic acids is 2. The molecule has 2 amide bonds. The average Bonchev–Trinajstić information content (AvgIpc) is 2.42. The molecule has 106 valence electrons. The van der Waals surface area contributed by atoms with E-state index in [1.54, 1.807) is 0 Å². The Hall–Kier alpha value is -2.41. The molecule has 1 aromatic carbocycles. The van der Waals surface area contributed by atoms with Crippen LogP contribution >= 0.6 is 0 Å².